The molecule has 3 heterocycles. The van der Waals surface area contributed by atoms with Crippen LogP contribution in [0.3, 0.4) is 0 Å². The van der Waals surface area contributed by atoms with Crippen LogP contribution in [0.2, 0.25) is 0 Å². The van der Waals surface area contributed by atoms with Crippen molar-refractivity contribution in [1.82, 2.24) is 24.6 Å². The standard InChI is InChI=1S/C27H39N6O8P/c1-8-37-22-20-21(30-25(28)31-22)33(16-29-20)24-27(6,36-7)14-26(5,40-24)15-38-42(35,41-19-12-10-9-11-13-19)32-18(4)23(34)39-17(2)3/h9-13,16-18,24H,8,14-15H2,1-7H3,(H,32,35)(H2,28,30,31)/t18-,24+,26-,27+,42?/m0/s1. The van der Waals surface area contributed by atoms with E-state index in [0.29, 0.717) is 29.9 Å². The molecular weight excluding hydrogens is 567 g/mol. The summed E-state index contributed by atoms with van der Waals surface area (Å²) in [6, 6.07) is 7.54. The van der Waals surface area contributed by atoms with Gasteiger partial charge in [-0.3, -0.25) is 13.9 Å². The van der Waals surface area contributed by atoms with Crippen molar-refractivity contribution in [1.29, 1.82) is 0 Å². The fraction of sp³-hybridized carbons (Fsp3) is 0.556. The number of anilines is 1. The number of hydrogen-bond donors (Lipinski definition) is 2. The third-order valence-electron chi connectivity index (χ3n) is 6.62. The van der Waals surface area contributed by atoms with Gasteiger partial charge in [-0.15, -0.1) is 0 Å². The average molecular weight is 607 g/mol. The van der Waals surface area contributed by atoms with Gasteiger partial charge in [0, 0.05) is 13.5 Å². The molecule has 4 rings (SSSR count). The molecule has 2 aromatic heterocycles. The number of benzene rings is 1. The summed E-state index contributed by atoms with van der Waals surface area (Å²) in [6.07, 6.45) is 0.807. The van der Waals surface area contributed by atoms with E-state index in [9.17, 15) is 9.36 Å². The molecular formula is C27H39N6O8P. The number of ether oxygens (including phenoxy) is 4. The Balaban J connectivity index is 1.60. The predicted molar refractivity (Wildman–Crippen MR) is 154 cm³/mol. The van der Waals surface area contributed by atoms with Crippen molar-refractivity contribution in [2.45, 2.75) is 77.5 Å². The van der Waals surface area contributed by atoms with Crippen molar-refractivity contribution in [3.8, 4) is 11.6 Å². The van der Waals surface area contributed by atoms with Gasteiger partial charge in [-0.25, -0.2) is 9.55 Å². The summed E-state index contributed by atoms with van der Waals surface area (Å²) < 4.78 is 50.8. The number of nitrogens with zero attached hydrogens (tertiary/aromatic N) is 4. The van der Waals surface area contributed by atoms with E-state index in [0.717, 1.165) is 0 Å². The van der Waals surface area contributed by atoms with E-state index in [1.807, 2.05) is 20.8 Å². The van der Waals surface area contributed by atoms with Gasteiger partial charge in [0.05, 0.1) is 31.2 Å². The number of methoxy groups -OCH3 is 1. The van der Waals surface area contributed by atoms with Gasteiger partial charge in [-0.2, -0.15) is 15.1 Å². The van der Waals surface area contributed by atoms with Crippen LogP contribution >= 0.6 is 7.75 Å². The number of nitrogens with two attached hydrogens (primary N) is 1. The second-order valence-electron chi connectivity index (χ2n) is 10.8. The number of para-hydroxylation sites is 1. The zero-order chi connectivity index (χ0) is 30.7. The minimum Gasteiger partial charge on any atom is -0.476 e. The summed E-state index contributed by atoms with van der Waals surface area (Å²) >= 11 is 0. The molecule has 14 nitrogen and oxygen atoms in total. The Labute approximate surface area is 244 Å². The number of carbonyl (C=O) groups excluding carboxylic acids is 1. The van der Waals surface area contributed by atoms with E-state index in [2.05, 4.69) is 20.0 Å². The zero-order valence-electron chi connectivity index (χ0n) is 24.9. The van der Waals surface area contributed by atoms with Crippen molar-refractivity contribution in [2.24, 2.45) is 0 Å². The molecule has 0 amide bonds. The van der Waals surface area contributed by atoms with Crippen LogP contribution in [-0.2, 0) is 28.1 Å². The van der Waals surface area contributed by atoms with Crippen LogP contribution in [-0.4, -0.2) is 69.2 Å². The highest BCUT2D eigenvalue weighted by molar-refractivity contribution is 7.52. The lowest BCUT2D eigenvalue weighted by Crippen LogP contribution is -2.38. The third-order valence-corrected chi connectivity index (χ3v) is 8.24. The van der Waals surface area contributed by atoms with Crippen molar-refractivity contribution in [3.63, 3.8) is 0 Å². The van der Waals surface area contributed by atoms with Crippen molar-refractivity contribution < 1.29 is 37.4 Å². The number of nitrogen functional groups attached to an aromatic ring is 1. The number of carbonyl (C=O) groups is 1. The fourth-order valence-corrected chi connectivity index (χ4v) is 6.35. The topological polar surface area (TPSA) is 171 Å². The molecule has 1 aliphatic heterocycles. The summed E-state index contributed by atoms with van der Waals surface area (Å²) in [5, 5.41) is 2.70. The maximum Gasteiger partial charge on any atom is 0.459 e. The Kier molecular flexibility index (Phi) is 9.43. The molecule has 1 saturated heterocycles. The Morgan fingerprint density at radius 1 is 1.24 bits per heavy atom. The number of rotatable bonds is 13. The summed E-state index contributed by atoms with van der Waals surface area (Å²) in [6.45, 7) is 10.7. The molecule has 1 fully saturated rings. The average Bonchev–Trinajstić information content (AvgIpc) is 3.46. The Morgan fingerprint density at radius 3 is 2.60 bits per heavy atom. The van der Waals surface area contributed by atoms with Gasteiger partial charge in [0.25, 0.3) is 0 Å². The molecule has 1 aromatic carbocycles. The monoisotopic (exact) mass is 606 g/mol. The molecule has 5 atom stereocenters. The summed E-state index contributed by atoms with van der Waals surface area (Å²) in [5.74, 6) is -0.0223. The van der Waals surface area contributed by atoms with Crippen LogP contribution < -0.4 is 20.1 Å². The highest BCUT2D eigenvalue weighted by Crippen LogP contribution is 2.51. The number of aromatic nitrogens is 4. The quantitative estimate of drug-likeness (QED) is 0.211. The first-order valence-electron chi connectivity index (χ1n) is 13.6. The van der Waals surface area contributed by atoms with Crippen molar-refractivity contribution >= 4 is 30.8 Å². The van der Waals surface area contributed by atoms with Gasteiger partial charge in [0.1, 0.15) is 17.4 Å². The zero-order valence-corrected chi connectivity index (χ0v) is 25.8. The van der Waals surface area contributed by atoms with Gasteiger partial charge < -0.3 is 29.2 Å². The number of fused-ring (bicyclic) bond motifs is 1. The van der Waals surface area contributed by atoms with E-state index in [1.165, 1.54) is 6.92 Å². The SMILES string of the molecule is CCOc1nc(N)nc2c1ncn2[C@@H]1O[C@](C)(COP(=O)(N[C@@H](C)C(=O)OC(C)C)Oc2ccccc2)C[C@@]1(C)OC. The number of nitrogens with one attached hydrogen (secondary N) is 1. The second-order valence-corrected chi connectivity index (χ2v) is 12.5. The van der Waals surface area contributed by atoms with Crippen LogP contribution in [0.5, 0.6) is 11.6 Å². The summed E-state index contributed by atoms with van der Waals surface area (Å²) in [7, 11) is -2.55. The van der Waals surface area contributed by atoms with E-state index in [1.54, 1.807) is 62.2 Å². The number of hydrogen-bond acceptors (Lipinski definition) is 12. The molecule has 42 heavy (non-hydrogen) atoms. The number of imidazole rings is 1. The first-order valence-corrected chi connectivity index (χ1v) is 15.2. The first-order chi connectivity index (χ1) is 19.8. The van der Waals surface area contributed by atoms with Crippen LogP contribution in [0.15, 0.2) is 36.7 Å². The fourth-order valence-electron chi connectivity index (χ4n) is 4.75. The van der Waals surface area contributed by atoms with Crippen LogP contribution in [0.1, 0.15) is 54.2 Å². The van der Waals surface area contributed by atoms with E-state index in [4.69, 9.17) is 33.7 Å². The molecule has 3 N–H and O–H groups in total. The molecule has 0 aliphatic carbocycles. The lowest BCUT2D eigenvalue weighted by molar-refractivity contribution is -0.149. The largest absolute Gasteiger partial charge is 0.476 e. The molecule has 3 aromatic rings. The highest BCUT2D eigenvalue weighted by Gasteiger charge is 2.54. The summed E-state index contributed by atoms with van der Waals surface area (Å²) in [5.41, 5.74) is 4.88. The highest BCUT2D eigenvalue weighted by atomic mass is 31.2. The Bertz CT molecular complexity index is 1440. The predicted octanol–water partition coefficient (Wildman–Crippen LogP) is 4.02. The maximum absolute atomic E-state index is 14.0. The Morgan fingerprint density at radius 2 is 1.95 bits per heavy atom. The smallest absolute Gasteiger partial charge is 0.459 e. The molecule has 1 aliphatic rings. The molecule has 0 bridgehead atoms. The van der Waals surface area contributed by atoms with Gasteiger partial charge in [0.2, 0.25) is 11.8 Å². The second kappa shape index (κ2) is 12.5. The molecule has 15 heteroatoms. The van der Waals surface area contributed by atoms with Gasteiger partial charge in [-0.05, 0) is 53.7 Å². The van der Waals surface area contributed by atoms with Crippen LogP contribution in [0.25, 0.3) is 11.2 Å². The first kappa shape index (κ1) is 31.6. The minimum atomic E-state index is -4.12. The van der Waals surface area contributed by atoms with Gasteiger partial charge in [-0.1, -0.05) is 18.2 Å². The summed E-state index contributed by atoms with van der Waals surface area (Å²) in [4.78, 5) is 25.5. The third kappa shape index (κ3) is 7.01. The van der Waals surface area contributed by atoms with E-state index >= 15 is 0 Å². The molecule has 0 spiro atoms. The van der Waals surface area contributed by atoms with Gasteiger partial charge >= 0.3 is 13.7 Å². The molecule has 0 saturated carbocycles. The van der Waals surface area contributed by atoms with Crippen molar-refractivity contribution in [2.75, 3.05) is 26.1 Å². The minimum absolute atomic E-state index is 0.0195. The van der Waals surface area contributed by atoms with Crippen molar-refractivity contribution in [3.05, 3.63) is 36.7 Å². The molecule has 230 valence electrons. The normalized spacial score (nSPS) is 24.4. The van der Waals surface area contributed by atoms with Gasteiger partial charge in [0.15, 0.2) is 17.4 Å². The molecule has 0 radical (unpaired) electrons. The van der Waals surface area contributed by atoms with Crippen LogP contribution in [0, 0.1) is 0 Å². The number of esters is 1. The lowest BCUT2D eigenvalue weighted by Gasteiger charge is -2.29. The molecule has 1 unspecified atom stereocenters. The lowest BCUT2D eigenvalue weighted by atomic mass is 9.93. The van der Waals surface area contributed by atoms with E-state index < -0.39 is 37.2 Å². The Hall–Kier alpha value is -3.29. The van der Waals surface area contributed by atoms with Crippen LogP contribution in [0.4, 0.5) is 5.95 Å². The van der Waals surface area contributed by atoms with E-state index in [-0.39, 0.29) is 24.5 Å². The maximum atomic E-state index is 14.0.